The lowest BCUT2D eigenvalue weighted by molar-refractivity contribution is 0.334. The maximum absolute atomic E-state index is 8.70. The normalized spacial score (nSPS) is 9.11. The highest BCUT2D eigenvalue weighted by Gasteiger charge is 2.07. The van der Waals surface area contributed by atoms with Crippen molar-refractivity contribution in [1.29, 1.82) is 10.5 Å². The number of aliphatic hydroxyl groups excluding tert-OH is 1. The van der Waals surface area contributed by atoms with Crippen LogP contribution < -0.4 is 0 Å². The monoisotopic (exact) mass is 239 g/mol. The van der Waals surface area contributed by atoms with Crippen LogP contribution in [0.25, 0.3) is 0 Å². The molecule has 0 aliphatic rings. The van der Waals surface area contributed by atoms with E-state index in [1.807, 2.05) is 36.4 Å². The fourth-order valence-electron chi connectivity index (χ4n) is 1.52. The molecule has 0 spiro atoms. The highest BCUT2D eigenvalue weighted by Crippen LogP contribution is 2.10. The Morgan fingerprint density at radius 3 is 2.39 bits per heavy atom. The maximum Gasteiger partial charge on any atom is 0.104 e. The minimum Gasteiger partial charge on any atom is -0.384 e. The van der Waals surface area contributed by atoms with Crippen molar-refractivity contribution in [2.75, 3.05) is 19.7 Å². The van der Waals surface area contributed by atoms with Crippen LogP contribution in [0, 0.1) is 34.5 Å². The summed E-state index contributed by atoms with van der Waals surface area (Å²) < 4.78 is 0. The second-order valence-corrected chi connectivity index (χ2v) is 3.58. The summed E-state index contributed by atoms with van der Waals surface area (Å²) in [7, 11) is 0. The minimum atomic E-state index is -0.186. The van der Waals surface area contributed by atoms with Gasteiger partial charge in [0.05, 0.1) is 25.2 Å². The molecule has 0 aliphatic carbocycles. The summed E-state index contributed by atoms with van der Waals surface area (Å²) >= 11 is 0. The minimum absolute atomic E-state index is 0.186. The van der Waals surface area contributed by atoms with Gasteiger partial charge in [0.2, 0.25) is 0 Å². The van der Waals surface area contributed by atoms with Gasteiger partial charge in [-0.15, -0.1) is 0 Å². The Morgan fingerprint density at radius 1 is 1.11 bits per heavy atom. The van der Waals surface area contributed by atoms with E-state index in [2.05, 4.69) is 11.8 Å². The third-order valence-electron chi connectivity index (χ3n) is 2.30. The predicted octanol–water partition coefficient (Wildman–Crippen LogP) is 0.880. The molecule has 18 heavy (non-hydrogen) atoms. The average molecular weight is 239 g/mol. The van der Waals surface area contributed by atoms with Gasteiger partial charge in [0, 0.05) is 12.1 Å². The van der Waals surface area contributed by atoms with Crippen molar-refractivity contribution < 1.29 is 5.11 Å². The number of nitriles is 2. The van der Waals surface area contributed by atoms with E-state index < -0.39 is 0 Å². The largest absolute Gasteiger partial charge is 0.384 e. The van der Waals surface area contributed by atoms with Crippen LogP contribution in [0.15, 0.2) is 24.3 Å². The van der Waals surface area contributed by atoms with Crippen LogP contribution in [0.2, 0.25) is 0 Å². The molecule has 1 aromatic carbocycles. The molecular weight excluding hydrogens is 226 g/mol. The lowest BCUT2D eigenvalue weighted by atomic mass is 10.1. The van der Waals surface area contributed by atoms with Gasteiger partial charge in [0.1, 0.15) is 6.61 Å². The lowest BCUT2D eigenvalue weighted by Gasteiger charge is -2.16. The van der Waals surface area contributed by atoms with Crippen LogP contribution >= 0.6 is 0 Å². The van der Waals surface area contributed by atoms with Gasteiger partial charge in [-0.25, -0.2) is 0 Å². The summed E-state index contributed by atoms with van der Waals surface area (Å²) in [6, 6.07) is 11.6. The first-order chi connectivity index (χ1) is 8.81. The number of benzene rings is 1. The Morgan fingerprint density at radius 2 is 1.78 bits per heavy atom. The lowest BCUT2D eigenvalue weighted by Crippen LogP contribution is -2.24. The summed E-state index contributed by atoms with van der Waals surface area (Å²) in [5.41, 5.74) is 1.76. The van der Waals surface area contributed by atoms with E-state index in [1.165, 1.54) is 0 Å². The van der Waals surface area contributed by atoms with Crippen LogP contribution in [-0.2, 0) is 6.54 Å². The van der Waals surface area contributed by atoms with Gasteiger partial charge < -0.3 is 5.11 Å². The van der Waals surface area contributed by atoms with Crippen LogP contribution in [0.3, 0.4) is 0 Å². The fraction of sp³-hybridized carbons (Fsp3) is 0.286. The van der Waals surface area contributed by atoms with Crippen molar-refractivity contribution in [2.45, 2.75) is 6.54 Å². The molecular formula is C14H13N3O. The molecule has 90 valence electrons. The third kappa shape index (κ3) is 4.28. The van der Waals surface area contributed by atoms with E-state index in [0.717, 1.165) is 11.1 Å². The molecule has 0 amide bonds. The quantitative estimate of drug-likeness (QED) is 0.625. The number of hydrogen-bond acceptors (Lipinski definition) is 4. The summed E-state index contributed by atoms with van der Waals surface area (Å²) in [6.45, 7) is 0.719. The topological polar surface area (TPSA) is 71.0 Å². The standard InChI is InChI=1S/C14H13N3O/c15-7-9-17(10-8-16)12-14-5-2-1-4-13(14)6-3-11-18/h1-2,4-5,18H,9-12H2. The van der Waals surface area contributed by atoms with Gasteiger partial charge in [-0.2, -0.15) is 10.5 Å². The van der Waals surface area contributed by atoms with Crippen LogP contribution in [0.5, 0.6) is 0 Å². The van der Waals surface area contributed by atoms with Crippen LogP contribution in [0.1, 0.15) is 11.1 Å². The van der Waals surface area contributed by atoms with Crippen molar-refractivity contribution in [1.82, 2.24) is 4.90 Å². The molecule has 0 unspecified atom stereocenters. The zero-order valence-corrected chi connectivity index (χ0v) is 9.93. The first-order valence-electron chi connectivity index (χ1n) is 5.45. The highest BCUT2D eigenvalue weighted by molar-refractivity contribution is 5.41. The smallest absolute Gasteiger partial charge is 0.104 e. The van der Waals surface area contributed by atoms with Gasteiger partial charge in [-0.05, 0) is 11.6 Å². The van der Waals surface area contributed by atoms with E-state index in [0.29, 0.717) is 6.54 Å². The summed E-state index contributed by atoms with van der Waals surface area (Å²) in [5.74, 6) is 5.46. The summed E-state index contributed by atoms with van der Waals surface area (Å²) in [5, 5.41) is 26.1. The van der Waals surface area contributed by atoms with E-state index in [1.54, 1.807) is 4.90 Å². The Hall–Kier alpha value is -2.32. The SMILES string of the molecule is N#CCN(CC#N)Cc1ccccc1C#CCO. The molecule has 0 fully saturated rings. The summed E-state index contributed by atoms with van der Waals surface area (Å²) in [4.78, 5) is 1.74. The van der Waals surface area contributed by atoms with Gasteiger partial charge >= 0.3 is 0 Å². The van der Waals surface area contributed by atoms with Crippen molar-refractivity contribution in [2.24, 2.45) is 0 Å². The molecule has 0 saturated carbocycles. The molecule has 1 aromatic rings. The second kappa shape index (κ2) is 7.87. The Kier molecular flexibility index (Phi) is 6.01. The molecule has 0 radical (unpaired) electrons. The highest BCUT2D eigenvalue weighted by atomic mass is 16.2. The number of aliphatic hydroxyl groups is 1. The molecule has 0 aromatic heterocycles. The molecule has 0 aliphatic heterocycles. The van der Waals surface area contributed by atoms with Crippen molar-refractivity contribution >= 4 is 0 Å². The summed E-state index contributed by atoms with van der Waals surface area (Å²) in [6.07, 6.45) is 0. The van der Waals surface area contributed by atoms with Gasteiger partial charge in [-0.1, -0.05) is 30.0 Å². The molecule has 0 heterocycles. The fourth-order valence-corrected chi connectivity index (χ4v) is 1.52. The Labute approximate surface area is 107 Å². The Bertz CT molecular complexity index is 512. The molecule has 0 bridgehead atoms. The molecule has 0 saturated heterocycles. The van der Waals surface area contributed by atoms with E-state index in [4.69, 9.17) is 15.6 Å². The first kappa shape index (κ1) is 13.7. The van der Waals surface area contributed by atoms with Gasteiger partial charge in [0.25, 0.3) is 0 Å². The molecule has 4 nitrogen and oxygen atoms in total. The van der Waals surface area contributed by atoms with Crippen molar-refractivity contribution in [3.05, 3.63) is 35.4 Å². The number of nitrogens with zero attached hydrogens (tertiary/aromatic N) is 3. The second-order valence-electron chi connectivity index (χ2n) is 3.58. The predicted molar refractivity (Wildman–Crippen MR) is 66.9 cm³/mol. The van der Waals surface area contributed by atoms with Gasteiger partial charge in [-0.3, -0.25) is 4.90 Å². The van der Waals surface area contributed by atoms with Crippen LogP contribution in [0.4, 0.5) is 0 Å². The molecule has 1 N–H and O–H groups in total. The zero-order chi connectivity index (χ0) is 13.2. The van der Waals surface area contributed by atoms with Crippen molar-refractivity contribution in [3.8, 4) is 24.0 Å². The Balaban J connectivity index is 2.89. The number of rotatable bonds is 4. The maximum atomic E-state index is 8.70. The number of hydrogen-bond donors (Lipinski definition) is 1. The molecule has 0 atom stereocenters. The van der Waals surface area contributed by atoms with Gasteiger partial charge in [0.15, 0.2) is 0 Å². The third-order valence-corrected chi connectivity index (χ3v) is 2.30. The van der Waals surface area contributed by atoms with E-state index >= 15 is 0 Å². The van der Waals surface area contributed by atoms with Crippen molar-refractivity contribution in [3.63, 3.8) is 0 Å². The zero-order valence-electron chi connectivity index (χ0n) is 9.93. The average Bonchev–Trinajstić information content (AvgIpc) is 2.38. The van der Waals surface area contributed by atoms with E-state index in [-0.39, 0.29) is 19.7 Å². The van der Waals surface area contributed by atoms with E-state index in [9.17, 15) is 0 Å². The molecule has 4 heteroatoms. The first-order valence-corrected chi connectivity index (χ1v) is 5.45. The van der Waals surface area contributed by atoms with Crippen LogP contribution in [-0.4, -0.2) is 29.7 Å². The molecule has 1 rings (SSSR count).